The van der Waals surface area contributed by atoms with Gasteiger partial charge in [0.2, 0.25) is 0 Å². The number of benzene rings is 1. The third kappa shape index (κ3) is 6.44. The molecule has 1 aromatic heterocycles. The average molecular weight is 398 g/mol. The average Bonchev–Trinajstić information content (AvgIpc) is 2.51. The fourth-order valence-electron chi connectivity index (χ4n) is 2.71. The maximum atomic E-state index is 13.2. The molecule has 0 spiro atoms. The predicted octanol–water partition coefficient (Wildman–Crippen LogP) is 3.16. The molecule has 0 atom stereocenters. The number of aromatic nitrogens is 1. The molecule has 0 radical (unpaired) electrons. The molecular formula is C18H24F2N4O2S. The van der Waals surface area contributed by atoms with Crippen LogP contribution < -0.4 is 10.0 Å². The topological polar surface area (TPSA) is 74.3 Å². The summed E-state index contributed by atoms with van der Waals surface area (Å²) < 4.78 is 53.3. The molecule has 148 valence electrons. The highest BCUT2D eigenvalue weighted by Crippen LogP contribution is 2.20. The van der Waals surface area contributed by atoms with Crippen molar-refractivity contribution in [2.75, 3.05) is 37.2 Å². The van der Waals surface area contributed by atoms with E-state index in [2.05, 4.69) is 33.8 Å². The van der Waals surface area contributed by atoms with Crippen molar-refractivity contribution in [1.82, 2.24) is 9.88 Å². The molecule has 0 aliphatic rings. The van der Waals surface area contributed by atoms with Gasteiger partial charge >= 0.3 is 0 Å². The zero-order valence-electron chi connectivity index (χ0n) is 15.8. The van der Waals surface area contributed by atoms with E-state index in [0.717, 1.165) is 18.7 Å². The van der Waals surface area contributed by atoms with Gasteiger partial charge in [-0.15, -0.1) is 0 Å². The predicted molar refractivity (Wildman–Crippen MR) is 102 cm³/mol. The fourth-order valence-corrected chi connectivity index (χ4v) is 3.70. The highest BCUT2D eigenvalue weighted by molar-refractivity contribution is 7.92. The molecule has 0 unspecified atom stereocenters. The third-order valence-corrected chi connectivity index (χ3v) is 5.02. The second kappa shape index (κ2) is 8.18. The molecule has 6 nitrogen and oxygen atoms in total. The Morgan fingerprint density at radius 3 is 2.26 bits per heavy atom. The van der Waals surface area contributed by atoms with Gasteiger partial charge in [0.15, 0.2) is 0 Å². The number of hydrogen-bond acceptors (Lipinski definition) is 5. The molecule has 9 heteroatoms. The minimum Gasteiger partial charge on any atom is -0.369 e. The standard InChI is InChI=1S/C18H24F2N4O2S/c1-18(2,12-24(3)4)11-22-17-6-5-16(10-21-17)27(25,26)23-15-8-13(19)7-14(20)9-15/h5-10,23H,11-12H2,1-4H3,(H,21,22). The third-order valence-electron chi connectivity index (χ3n) is 3.65. The molecule has 0 saturated carbocycles. The summed E-state index contributed by atoms with van der Waals surface area (Å²) in [6.07, 6.45) is 1.19. The van der Waals surface area contributed by atoms with Crippen LogP contribution in [0.15, 0.2) is 41.4 Å². The van der Waals surface area contributed by atoms with E-state index < -0.39 is 21.7 Å². The van der Waals surface area contributed by atoms with Crippen LogP contribution in [-0.2, 0) is 10.0 Å². The van der Waals surface area contributed by atoms with Gasteiger partial charge in [0, 0.05) is 25.4 Å². The van der Waals surface area contributed by atoms with Crippen LogP contribution >= 0.6 is 0 Å². The van der Waals surface area contributed by atoms with E-state index in [0.29, 0.717) is 18.4 Å². The number of sulfonamides is 1. The molecule has 2 aromatic rings. The maximum absolute atomic E-state index is 13.2. The molecule has 2 rings (SSSR count). The largest absolute Gasteiger partial charge is 0.369 e. The summed E-state index contributed by atoms with van der Waals surface area (Å²) in [5, 5.41) is 3.18. The molecule has 0 saturated heterocycles. The van der Waals surface area contributed by atoms with E-state index in [4.69, 9.17) is 0 Å². The molecule has 0 aliphatic carbocycles. The van der Waals surface area contributed by atoms with Gasteiger partial charge in [-0.25, -0.2) is 22.2 Å². The Balaban J connectivity index is 2.07. The monoisotopic (exact) mass is 398 g/mol. The lowest BCUT2D eigenvalue weighted by atomic mass is 9.93. The molecule has 1 aromatic carbocycles. The van der Waals surface area contributed by atoms with Crippen molar-refractivity contribution in [2.24, 2.45) is 5.41 Å². The summed E-state index contributed by atoms with van der Waals surface area (Å²) in [6, 6.07) is 5.39. The lowest BCUT2D eigenvalue weighted by Crippen LogP contribution is -2.34. The zero-order chi connectivity index (χ0) is 20.2. The Morgan fingerprint density at radius 1 is 1.11 bits per heavy atom. The summed E-state index contributed by atoms with van der Waals surface area (Å²) >= 11 is 0. The SMILES string of the molecule is CN(C)CC(C)(C)CNc1ccc(S(=O)(=O)Nc2cc(F)cc(F)c2)cn1. The Hall–Kier alpha value is -2.26. The van der Waals surface area contributed by atoms with Gasteiger partial charge in [0.05, 0.1) is 5.69 Å². The summed E-state index contributed by atoms with van der Waals surface area (Å²) in [6.45, 7) is 5.76. The summed E-state index contributed by atoms with van der Waals surface area (Å²) in [5.41, 5.74) is -0.195. The van der Waals surface area contributed by atoms with Crippen molar-refractivity contribution in [1.29, 1.82) is 0 Å². The number of nitrogens with zero attached hydrogens (tertiary/aromatic N) is 2. The van der Waals surface area contributed by atoms with E-state index >= 15 is 0 Å². The van der Waals surface area contributed by atoms with Gasteiger partial charge in [-0.1, -0.05) is 13.8 Å². The highest BCUT2D eigenvalue weighted by atomic mass is 32.2. The number of nitrogens with one attached hydrogen (secondary N) is 2. The van der Waals surface area contributed by atoms with Gasteiger partial charge in [0.1, 0.15) is 22.3 Å². The van der Waals surface area contributed by atoms with E-state index in [1.807, 2.05) is 14.1 Å². The molecule has 0 aliphatic heterocycles. The molecule has 0 fully saturated rings. The number of rotatable bonds is 8. The Bertz CT molecular complexity index is 864. The van der Waals surface area contributed by atoms with Crippen LogP contribution in [0.4, 0.5) is 20.3 Å². The Morgan fingerprint density at radius 2 is 1.74 bits per heavy atom. The van der Waals surface area contributed by atoms with Crippen LogP contribution in [0.3, 0.4) is 0 Å². The normalized spacial score (nSPS) is 12.3. The summed E-state index contributed by atoms with van der Waals surface area (Å²) in [7, 11) is -0.00884. The van der Waals surface area contributed by atoms with Crippen molar-refractivity contribution in [2.45, 2.75) is 18.7 Å². The highest BCUT2D eigenvalue weighted by Gasteiger charge is 2.19. The fraction of sp³-hybridized carbons (Fsp3) is 0.389. The van der Waals surface area contributed by atoms with Gasteiger partial charge in [-0.05, 0) is 43.8 Å². The van der Waals surface area contributed by atoms with Crippen LogP contribution in [0.5, 0.6) is 0 Å². The van der Waals surface area contributed by atoms with Crippen LogP contribution in [0.1, 0.15) is 13.8 Å². The first-order valence-corrected chi connectivity index (χ1v) is 9.79. The number of anilines is 2. The smallest absolute Gasteiger partial charge is 0.263 e. The maximum Gasteiger partial charge on any atom is 0.263 e. The summed E-state index contributed by atoms with van der Waals surface area (Å²) in [5.74, 6) is -1.20. The van der Waals surface area contributed by atoms with Crippen molar-refractivity contribution in [3.05, 3.63) is 48.2 Å². The van der Waals surface area contributed by atoms with Gasteiger partial charge < -0.3 is 10.2 Å². The van der Waals surface area contributed by atoms with Crippen molar-refractivity contribution in [3.63, 3.8) is 0 Å². The quantitative estimate of drug-likeness (QED) is 0.715. The first-order valence-electron chi connectivity index (χ1n) is 8.30. The van der Waals surface area contributed by atoms with Crippen LogP contribution in [0.2, 0.25) is 0 Å². The van der Waals surface area contributed by atoms with Crippen LogP contribution in [0.25, 0.3) is 0 Å². The number of pyridine rings is 1. The lowest BCUT2D eigenvalue weighted by Gasteiger charge is -2.28. The number of hydrogen-bond donors (Lipinski definition) is 2. The molecule has 0 bridgehead atoms. The second-order valence-electron chi connectivity index (χ2n) is 7.40. The lowest BCUT2D eigenvalue weighted by molar-refractivity contribution is 0.254. The second-order valence-corrected chi connectivity index (χ2v) is 9.08. The van der Waals surface area contributed by atoms with Crippen molar-refractivity contribution < 1.29 is 17.2 Å². The molecular weight excluding hydrogens is 374 g/mol. The first kappa shape index (κ1) is 21.0. The van der Waals surface area contributed by atoms with E-state index in [9.17, 15) is 17.2 Å². The minimum absolute atomic E-state index is 0.00105. The molecule has 2 N–H and O–H groups in total. The van der Waals surface area contributed by atoms with E-state index in [-0.39, 0.29) is 16.0 Å². The van der Waals surface area contributed by atoms with Crippen molar-refractivity contribution in [3.8, 4) is 0 Å². The number of halogens is 2. The molecule has 27 heavy (non-hydrogen) atoms. The van der Waals surface area contributed by atoms with E-state index in [1.165, 1.54) is 12.3 Å². The Kier molecular flexibility index (Phi) is 6.38. The zero-order valence-corrected chi connectivity index (χ0v) is 16.6. The van der Waals surface area contributed by atoms with Crippen molar-refractivity contribution >= 4 is 21.5 Å². The summed E-state index contributed by atoms with van der Waals surface area (Å²) in [4.78, 5) is 6.09. The van der Waals surface area contributed by atoms with Crippen LogP contribution in [-0.4, -0.2) is 45.5 Å². The van der Waals surface area contributed by atoms with E-state index in [1.54, 1.807) is 6.07 Å². The van der Waals surface area contributed by atoms with Gasteiger partial charge in [-0.3, -0.25) is 4.72 Å². The molecule has 1 heterocycles. The van der Waals surface area contributed by atoms with Gasteiger partial charge in [-0.2, -0.15) is 0 Å². The Labute approximate surface area is 158 Å². The minimum atomic E-state index is -4.00. The van der Waals surface area contributed by atoms with Crippen LogP contribution in [0, 0.1) is 17.0 Å². The van der Waals surface area contributed by atoms with Gasteiger partial charge in [0.25, 0.3) is 10.0 Å². The first-order chi connectivity index (χ1) is 12.5. The molecule has 0 amide bonds.